The van der Waals surface area contributed by atoms with Crippen LogP contribution < -0.4 is 10.7 Å². The smallest absolute Gasteiger partial charge is 0.231 e. The van der Waals surface area contributed by atoms with Crippen LogP contribution in [0.15, 0.2) is 63.8 Å². The Balaban J connectivity index is 1.83. The molecule has 0 saturated heterocycles. The Hall–Kier alpha value is -2.59. The van der Waals surface area contributed by atoms with Crippen molar-refractivity contribution in [3.63, 3.8) is 0 Å². The molecule has 0 atom stereocenters. The Morgan fingerprint density at radius 3 is 2.64 bits per heavy atom. The predicted molar refractivity (Wildman–Crippen MR) is 86.3 cm³/mol. The lowest BCUT2D eigenvalue weighted by Crippen LogP contribution is -2.15. The fraction of sp³-hybridized carbons (Fsp3) is 0.0588. The summed E-state index contributed by atoms with van der Waals surface area (Å²) >= 11 is 5.86. The number of hydrogen-bond donors (Lipinski definition) is 1. The third-order valence-corrected chi connectivity index (χ3v) is 3.37. The van der Waals surface area contributed by atoms with Gasteiger partial charge in [-0.1, -0.05) is 29.8 Å². The van der Waals surface area contributed by atoms with Gasteiger partial charge in [0.1, 0.15) is 11.3 Å². The van der Waals surface area contributed by atoms with Crippen molar-refractivity contribution in [2.75, 3.05) is 5.32 Å². The number of halogens is 1. The van der Waals surface area contributed by atoms with Gasteiger partial charge in [0, 0.05) is 16.8 Å². The Morgan fingerprint density at radius 2 is 1.86 bits per heavy atom. The van der Waals surface area contributed by atoms with Gasteiger partial charge in [0.15, 0.2) is 5.43 Å². The highest BCUT2D eigenvalue weighted by molar-refractivity contribution is 6.31. The summed E-state index contributed by atoms with van der Waals surface area (Å²) in [6, 6.07) is 15.2. The number of para-hydroxylation sites is 1. The molecule has 0 spiro atoms. The highest BCUT2D eigenvalue weighted by Crippen LogP contribution is 2.18. The number of rotatable bonds is 3. The van der Waals surface area contributed by atoms with E-state index in [0.717, 1.165) is 0 Å². The minimum atomic E-state index is -0.248. The summed E-state index contributed by atoms with van der Waals surface area (Å²) in [5, 5.41) is 3.61. The molecule has 1 amide bonds. The summed E-state index contributed by atoms with van der Waals surface area (Å²) in [5.74, 6) is 0.0657. The zero-order chi connectivity index (χ0) is 15.5. The highest BCUT2D eigenvalue weighted by atomic mass is 35.5. The maximum absolute atomic E-state index is 12.0. The molecule has 0 unspecified atom stereocenters. The molecule has 0 aliphatic heterocycles. The summed E-state index contributed by atoms with van der Waals surface area (Å²) in [7, 11) is 0. The molecule has 5 heteroatoms. The van der Waals surface area contributed by atoms with Crippen molar-refractivity contribution in [2.24, 2.45) is 0 Å². The van der Waals surface area contributed by atoms with Gasteiger partial charge in [0.2, 0.25) is 5.91 Å². The Labute approximate surface area is 131 Å². The quantitative estimate of drug-likeness (QED) is 0.803. The number of carbonyl (C=O) groups excluding carboxylic acids is 1. The van der Waals surface area contributed by atoms with E-state index < -0.39 is 0 Å². The zero-order valence-electron chi connectivity index (χ0n) is 11.5. The average Bonchev–Trinajstić information content (AvgIpc) is 2.49. The third-order valence-electron chi connectivity index (χ3n) is 3.13. The van der Waals surface area contributed by atoms with Crippen molar-refractivity contribution in [3.8, 4) is 0 Å². The monoisotopic (exact) mass is 313 g/mol. The fourth-order valence-electron chi connectivity index (χ4n) is 2.15. The maximum atomic E-state index is 12.0. The molecular weight excluding hydrogens is 302 g/mol. The minimum absolute atomic E-state index is 0.0112. The molecule has 0 aliphatic carbocycles. The first-order valence-corrected chi connectivity index (χ1v) is 7.07. The zero-order valence-corrected chi connectivity index (χ0v) is 12.3. The molecule has 1 N–H and O–H groups in total. The van der Waals surface area contributed by atoms with Crippen molar-refractivity contribution in [1.29, 1.82) is 0 Å². The van der Waals surface area contributed by atoms with Gasteiger partial charge < -0.3 is 9.73 Å². The lowest BCUT2D eigenvalue weighted by Gasteiger charge is -2.05. The van der Waals surface area contributed by atoms with Gasteiger partial charge in [-0.25, -0.2) is 0 Å². The summed E-state index contributed by atoms with van der Waals surface area (Å²) in [6.07, 6.45) is -0.0112. The molecule has 3 aromatic rings. The predicted octanol–water partition coefficient (Wildman–Crippen LogP) is 3.63. The SMILES string of the molecule is O=C(Cc1cc(=O)c2cc(Cl)ccc2o1)Nc1ccccc1. The molecule has 1 heterocycles. The molecule has 110 valence electrons. The van der Waals surface area contributed by atoms with Crippen LogP contribution in [0.5, 0.6) is 0 Å². The van der Waals surface area contributed by atoms with E-state index in [2.05, 4.69) is 5.32 Å². The normalized spacial score (nSPS) is 10.6. The van der Waals surface area contributed by atoms with E-state index >= 15 is 0 Å². The fourth-order valence-corrected chi connectivity index (χ4v) is 2.32. The first kappa shape index (κ1) is 14.4. The average molecular weight is 314 g/mol. The summed E-state index contributed by atoms with van der Waals surface area (Å²) in [6.45, 7) is 0. The van der Waals surface area contributed by atoms with Crippen LogP contribution in [0.1, 0.15) is 5.76 Å². The molecule has 22 heavy (non-hydrogen) atoms. The number of carbonyl (C=O) groups is 1. The summed E-state index contributed by atoms with van der Waals surface area (Å²) in [5.41, 5.74) is 0.896. The van der Waals surface area contributed by atoms with Gasteiger partial charge in [-0.3, -0.25) is 9.59 Å². The maximum Gasteiger partial charge on any atom is 0.231 e. The van der Waals surface area contributed by atoms with Crippen LogP contribution in [0.3, 0.4) is 0 Å². The van der Waals surface area contributed by atoms with Crippen LogP contribution in [0.25, 0.3) is 11.0 Å². The molecule has 1 aromatic heterocycles. The van der Waals surface area contributed by atoms with Crippen molar-refractivity contribution < 1.29 is 9.21 Å². The van der Waals surface area contributed by atoms with Crippen molar-refractivity contribution in [3.05, 3.63) is 75.6 Å². The molecule has 0 bridgehead atoms. The summed E-state index contributed by atoms with van der Waals surface area (Å²) < 4.78 is 5.59. The molecule has 0 fully saturated rings. The van der Waals surface area contributed by atoms with E-state index in [1.165, 1.54) is 6.07 Å². The van der Waals surface area contributed by atoms with Crippen LogP contribution in [0.4, 0.5) is 5.69 Å². The van der Waals surface area contributed by atoms with Gasteiger partial charge in [-0.05, 0) is 30.3 Å². The van der Waals surface area contributed by atoms with E-state index in [1.807, 2.05) is 18.2 Å². The van der Waals surface area contributed by atoms with Crippen molar-refractivity contribution in [1.82, 2.24) is 0 Å². The lowest BCUT2D eigenvalue weighted by atomic mass is 10.2. The molecule has 0 radical (unpaired) electrons. The first-order valence-electron chi connectivity index (χ1n) is 6.69. The number of benzene rings is 2. The van der Waals surface area contributed by atoms with Crippen LogP contribution in [0.2, 0.25) is 5.02 Å². The van der Waals surface area contributed by atoms with E-state index in [4.69, 9.17) is 16.0 Å². The minimum Gasteiger partial charge on any atom is -0.460 e. The van der Waals surface area contributed by atoms with Crippen LogP contribution >= 0.6 is 11.6 Å². The van der Waals surface area contributed by atoms with E-state index in [1.54, 1.807) is 30.3 Å². The Kier molecular flexibility index (Phi) is 3.94. The van der Waals surface area contributed by atoms with E-state index in [9.17, 15) is 9.59 Å². The number of anilines is 1. The molecule has 4 nitrogen and oxygen atoms in total. The van der Waals surface area contributed by atoms with Gasteiger partial charge in [-0.15, -0.1) is 0 Å². The van der Waals surface area contributed by atoms with Crippen LogP contribution in [-0.2, 0) is 11.2 Å². The second-order valence-electron chi connectivity index (χ2n) is 4.81. The second-order valence-corrected chi connectivity index (χ2v) is 5.24. The molecule has 2 aromatic carbocycles. The number of fused-ring (bicyclic) bond motifs is 1. The standard InChI is InChI=1S/C17H12ClNO3/c18-11-6-7-16-14(8-11)15(20)9-13(22-16)10-17(21)19-12-4-2-1-3-5-12/h1-9H,10H2,(H,19,21). The third kappa shape index (κ3) is 3.18. The van der Waals surface area contributed by atoms with Gasteiger partial charge >= 0.3 is 0 Å². The highest BCUT2D eigenvalue weighted by Gasteiger charge is 2.10. The topological polar surface area (TPSA) is 59.3 Å². The molecular formula is C17H12ClNO3. The van der Waals surface area contributed by atoms with Crippen molar-refractivity contribution in [2.45, 2.75) is 6.42 Å². The van der Waals surface area contributed by atoms with E-state index in [-0.39, 0.29) is 17.8 Å². The Morgan fingerprint density at radius 1 is 1.09 bits per heavy atom. The molecule has 0 saturated carbocycles. The van der Waals surface area contributed by atoms with Crippen molar-refractivity contribution >= 4 is 34.2 Å². The second kappa shape index (κ2) is 6.03. The van der Waals surface area contributed by atoms with Crippen LogP contribution in [0, 0.1) is 0 Å². The number of hydrogen-bond acceptors (Lipinski definition) is 3. The number of amides is 1. The van der Waals surface area contributed by atoms with Crippen LogP contribution in [-0.4, -0.2) is 5.91 Å². The molecule has 3 rings (SSSR count). The van der Waals surface area contributed by atoms with Gasteiger partial charge in [0.05, 0.1) is 11.8 Å². The first-order chi connectivity index (χ1) is 10.6. The van der Waals surface area contributed by atoms with Gasteiger partial charge in [0.25, 0.3) is 0 Å². The van der Waals surface area contributed by atoms with E-state index in [0.29, 0.717) is 27.4 Å². The Bertz CT molecular complexity index is 887. The lowest BCUT2D eigenvalue weighted by molar-refractivity contribution is -0.115. The summed E-state index contributed by atoms with van der Waals surface area (Å²) in [4.78, 5) is 24.0. The molecule has 0 aliphatic rings. The largest absolute Gasteiger partial charge is 0.460 e. The van der Waals surface area contributed by atoms with Gasteiger partial charge in [-0.2, -0.15) is 0 Å². The number of nitrogens with one attached hydrogen (secondary N) is 1.